The van der Waals surface area contributed by atoms with Gasteiger partial charge in [0.15, 0.2) is 12.8 Å². The molecule has 4 amide bonds. The Kier molecular flexibility index (Phi) is 6.71. The molecule has 3 aromatic rings. The number of aromatic hydroxyl groups is 1. The lowest BCUT2D eigenvalue weighted by molar-refractivity contribution is -0.245. The van der Waals surface area contributed by atoms with Crippen molar-refractivity contribution in [3.05, 3.63) is 77.9 Å². The van der Waals surface area contributed by atoms with Crippen LogP contribution in [0.4, 0.5) is 4.79 Å². The number of hydroxylamine groups is 2. The molecule has 37 heavy (non-hydrogen) atoms. The number of piperazine rings is 1. The molecule has 3 aromatic carbocycles. The van der Waals surface area contributed by atoms with Gasteiger partial charge in [-0.1, -0.05) is 54.6 Å². The minimum atomic E-state index is -0.839. The van der Waals surface area contributed by atoms with E-state index >= 15 is 0 Å². The van der Waals surface area contributed by atoms with Crippen molar-refractivity contribution in [2.75, 3.05) is 13.2 Å². The van der Waals surface area contributed by atoms with Crippen molar-refractivity contribution >= 4 is 28.6 Å². The average molecular weight is 503 g/mol. The van der Waals surface area contributed by atoms with Gasteiger partial charge >= 0.3 is 6.03 Å². The zero-order chi connectivity index (χ0) is 26.1. The van der Waals surface area contributed by atoms with Gasteiger partial charge in [0.05, 0.1) is 6.04 Å². The van der Waals surface area contributed by atoms with E-state index < -0.39 is 24.3 Å². The number of urea groups is 1. The zero-order valence-corrected chi connectivity index (χ0v) is 20.8. The maximum atomic E-state index is 14.1. The third-order valence-electron chi connectivity index (χ3n) is 7.08. The van der Waals surface area contributed by atoms with Gasteiger partial charge in [-0.15, -0.1) is 0 Å². The van der Waals surface area contributed by atoms with Crippen LogP contribution >= 0.6 is 0 Å². The van der Waals surface area contributed by atoms with E-state index in [1.54, 1.807) is 36.1 Å². The molecule has 3 atom stereocenters. The van der Waals surface area contributed by atoms with Gasteiger partial charge in [0.1, 0.15) is 11.8 Å². The molecular weight excluding hydrogens is 472 g/mol. The number of fused-ring (bicyclic) bond motifs is 2. The molecule has 9 nitrogen and oxygen atoms in total. The van der Waals surface area contributed by atoms with Crippen LogP contribution in [0.2, 0.25) is 0 Å². The number of hydrogen-bond acceptors (Lipinski definition) is 5. The number of benzene rings is 3. The Hall–Kier alpha value is -4.11. The van der Waals surface area contributed by atoms with E-state index in [1.807, 2.05) is 49.4 Å². The fourth-order valence-corrected chi connectivity index (χ4v) is 5.28. The van der Waals surface area contributed by atoms with E-state index in [4.69, 9.17) is 4.84 Å². The molecule has 2 N–H and O–H groups in total. The lowest BCUT2D eigenvalue weighted by Crippen LogP contribution is -2.75. The zero-order valence-electron chi connectivity index (χ0n) is 20.8. The first-order chi connectivity index (χ1) is 17.9. The number of phenols is 1. The molecule has 0 bridgehead atoms. The fraction of sp³-hybridized carbons (Fsp3) is 0.321. The summed E-state index contributed by atoms with van der Waals surface area (Å²) < 4.78 is 0. The van der Waals surface area contributed by atoms with Gasteiger partial charge in [0.25, 0.3) is 5.91 Å². The van der Waals surface area contributed by atoms with Crippen LogP contribution in [0.3, 0.4) is 0 Å². The highest BCUT2D eigenvalue weighted by atomic mass is 16.7. The topological polar surface area (TPSA) is 102 Å². The van der Waals surface area contributed by atoms with Crippen molar-refractivity contribution in [3.8, 4) is 5.75 Å². The molecule has 2 saturated heterocycles. The molecule has 0 radical (unpaired) electrons. The van der Waals surface area contributed by atoms with Gasteiger partial charge in [-0.3, -0.25) is 14.4 Å². The third-order valence-corrected chi connectivity index (χ3v) is 7.08. The summed E-state index contributed by atoms with van der Waals surface area (Å²) in [5.41, 5.74) is 1.76. The summed E-state index contributed by atoms with van der Waals surface area (Å²) in [5.74, 6) is -0.428. The monoisotopic (exact) mass is 502 g/mol. The van der Waals surface area contributed by atoms with E-state index in [1.165, 1.54) is 9.96 Å². The molecule has 9 heteroatoms. The van der Waals surface area contributed by atoms with Crippen LogP contribution in [0.5, 0.6) is 5.75 Å². The van der Waals surface area contributed by atoms with Gasteiger partial charge in [-0.25, -0.2) is 4.79 Å². The van der Waals surface area contributed by atoms with E-state index in [9.17, 15) is 19.5 Å². The Morgan fingerprint density at radius 2 is 1.78 bits per heavy atom. The number of amides is 4. The summed E-state index contributed by atoms with van der Waals surface area (Å²) >= 11 is 0. The van der Waals surface area contributed by atoms with E-state index in [0.29, 0.717) is 13.1 Å². The van der Waals surface area contributed by atoms with Gasteiger partial charge in [-0.2, -0.15) is 5.06 Å². The molecule has 2 aliphatic rings. The first kappa shape index (κ1) is 24.6. The highest BCUT2D eigenvalue weighted by Gasteiger charge is 2.53. The van der Waals surface area contributed by atoms with E-state index in [2.05, 4.69) is 5.32 Å². The highest BCUT2D eigenvalue weighted by molar-refractivity contribution is 5.92. The van der Waals surface area contributed by atoms with Crippen molar-refractivity contribution in [2.45, 2.75) is 45.1 Å². The lowest BCUT2D eigenvalue weighted by atomic mass is 9.94. The van der Waals surface area contributed by atoms with Crippen molar-refractivity contribution in [3.63, 3.8) is 0 Å². The molecule has 0 unspecified atom stereocenters. The molecule has 192 valence electrons. The smallest absolute Gasteiger partial charge is 0.343 e. The molecule has 0 aliphatic carbocycles. The predicted octanol–water partition coefficient (Wildman–Crippen LogP) is 3.02. The van der Waals surface area contributed by atoms with E-state index in [-0.39, 0.29) is 30.6 Å². The van der Waals surface area contributed by atoms with Gasteiger partial charge in [0, 0.05) is 19.5 Å². The van der Waals surface area contributed by atoms with Gasteiger partial charge in [0.2, 0.25) is 5.91 Å². The Bertz CT molecular complexity index is 1320. The second kappa shape index (κ2) is 10.1. The van der Waals surface area contributed by atoms with Crippen LogP contribution in [0, 0.1) is 0 Å². The largest absolute Gasteiger partial charge is 0.508 e. The molecule has 2 aliphatic heterocycles. The molecule has 0 aromatic heterocycles. The Morgan fingerprint density at radius 1 is 1.05 bits per heavy atom. The fourth-order valence-electron chi connectivity index (χ4n) is 5.28. The summed E-state index contributed by atoms with van der Waals surface area (Å²) in [6.07, 6.45) is -0.564. The van der Waals surface area contributed by atoms with Crippen molar-refractivity contribution in [2.24, 2.45) is 0 Å². The maximum absolute atomic E-state index is 14.1. The number of phenolic OH excluding ortho intramolecular Hbond substituents is 1. The quantitative estimate of drug-likeness (QED) is 0.559. The second-order valence-electron chi connectivity index (χ2n) is 9.38. The summed E-state index contributed by atoms with van der Waals surface area (Å²) in [6, 6.07) is 18.7. The van der Waals surface area contributed by atoms with Crippen molar-refractivity contribution in [1.29, 1.82) is 0 Å². The number of rotatable bonds is 5. The maximum Gasteiger partial charge on any atom is 0.343 e. The van der Waals surface area contributed by atoms with Crippen LogP contribution in [0.15, 0.2) is 66.7 Å². The normalized spacial score (nSPS) is 21.8. The Labute approximate surface area is 215 Å². The average Bonchev–Trinajstić information content (AvgIpc) is 2.90. The van der Waals surface area contributed by atoms with Crippen LogP contribution < -0.4 is 5.32 Å². The summed E-state index contributed by atoms with van der Waals surface area (Å²) in [4.78, 5) is 49.1. The van der Waals surface area contributed by atoms with Crippen LogP contribution in [-0.4, -0.2) is 69.2 Å². The standard InChI is InChI=1S/C28H30N4O5/c1-3-29-28(36)32-26-18(2)30(16-21-9-6-8-20-7-4-5-10-23(20)21)27(35)24(31(26)25(34)17-37-32)15-19-11-13-22(33)14-12-19/h4-14,18,24,26,33H,3,15-17H2,1-2H3,(H,29,36)/t18-,24-,26-/m0/s1. The molecule has 0 saturated carbocycles. The minimum Gasteiger partial charge on any atom is -0.508 e. The SMILES string of the molecule is CCNC(=O)N1OCC(=O)N2[C@@H]1[C@H](C)N(Cc1cccc3ccccc13)C(=O)[C@@H]2Cc1ccc(O)cc1. The highest BCUT2D eigenvalue weighted by Crippen LogP contribution is 2.33. The lowest BCUT2D eigenvalue weighted by Gasteiger charge is -2.54. The van der Waals surface area contributed by atoms with Crippen LogP contribution in [-0.2, 0) is 27.4 Å². The molecule has 2 fully saturated rings. The predicted molar refractivity (Wildman–Crippen MR) is 137 cm³/mol. The summed E-state index contributed by atoms with van der Waals surface area (Å²) in [7, 11) is 0. The third kappa shape index (κ3) is 4.58. The summed E-state index contributed by atoms with van der Waals surface area (Å²) in [6.45, 7) is 4.02. The first-order valence-electron chi connectivity index (χ1n) is 12.4. The number of nitrogens with zero attached hydrogens (tertiary/aromatic N) is 3. The van der Waals surface area contributed by atoms with Crippen molar-refractivity contribution in [1.82, 2.24) is 20.2 Å². The van der Waals surface area contributed by atoms with Gasteiger partial charge in [-0.05, 0) is 47.9 Å². The first-order valence-corrected chi connectivity index (χ1v) is 12.4. The van der Waals surface area contributed by atoms with Crippen LogP contribution in [0.25, 0.3) is 10.8 Å². The molecular formula is C28H30N4O5. The van der Waals surface area contributed by atoms with E-state index in [0.717, 1.165) is 21.9 Å². The summed E-state index contributed by atoms with van der Waals surface area (Å²) in [5, 5.41) is 15.8. The van der Waals surface area contributed by atoms with Crippen molar-refractivity contribution < 1.29 is 24.3 Å². The molecule has 2 heterocycles. The minimum absolute atomic E-state index is 0.118. The second-order valence-corrected chi connectivity index (χ2v) is 9.38. The number of nitrogens with one attached hydrogen (secondary N) is 1. The molecule has 0 spiro atoms. The van der Waals surface area contributed by atoms with Gasteiger partial charge < -0.3 is 20.2 Å². The molecule has 5 rings (SSSR count). The number of carbonyl (C=O) groups is 3. The Morgan fingerprint density at radius 3 is 2.54 bits per heavy atom. The number of carbonyl (C=O) groups excluding carboxylic acids is 3. The van der Waals surface area contributed by atoms with Crippen LogP contribution in [0.1, 0.15) is 25.0 Å². The Balaban J connectivity index is 1.56. The number of hydrogen-bond donors (Lipinski definition) is 2.